The summed E-state index contributed by atoms with van der Waals surface area (Å²) in [6.07, 6.45) is 0.454. The van der Waals surface area contributed by atoms with Gasteiger partial charge in [-0.05, 0) is 37.6 Å². The molecule has 2 unspecified atom stereocenters. The molecule has 0 amide bonds. The molecule has 0 N–H and O–H groups in total. The summed E-state index contributed by atoms with van der Waals surface area (Å²) in [7, 11) is 0. The van der Waals surface area contributed by atoms with Crippen LogP contribution in [-0.2, 0) is 14.3 Å². The van der Waals surface area contributed by atoms with Gasteiger partial charge in [-0.2, -0.15) is 0 Å². The highest BCUT2D eigenvalue weighted by atomic mass is 16.6. The van der Waals surface area contributed by atoms with Crippen LogP contribution in [0.15, 0.2) is 60.7 Å². The molecule has 0 aromatic heterocycles. The third-order valence-electron chi connectivity index (χ3n) is 3.71. The average molecular weight is 356 g/mol. The van der Waals surface area contributed by atoms with Crippen LogP contribution in [0.4, 0.5) is 0 Å². The summed E-state index contributed by atoms with van der Waals surface area (Å²) in [6.45, 7) is 3.59. The number of unbranched alkanes of at least 4 members (excludes halogenated alkanes) is 1. The van der Waals surface area contributed by atoms with E-state index >= 15 is 0 Å². The molecule has 0 aliphatic heterocycles. The molecule has 2 aromatic rings. The number of benzene rings is 2. The number of carbonyl (C=O) groups excluding carboxylic acids is 2. The van der Waals surface area contributed by atoms with Crippen LogP contribution >= 0.6 is 0 Å². The first-order chi connectivity index (χ1) is 12.6. The molecule has 0 aliphatic rings. The number of esters is 2. The molecule has 2 rings (SSSR count). The molecule has 0 fully saturated rings. The molecule has 26 heavy (non-hydrogen) atoms. The summed E-state index contributed by atoms with van der Waals surface area (Å²) >= 11 is 0. The highest BCUT2D eigenvalue weighted by Gasteiger charge is 2.27. The smallest absolute Gasteiger partial charge is 0.340 e. The van der Waals surface area contributed by atoms with Crippen molar-refractivity contribution in [1.29, 1.82) is 0 Å². The fraction of sp³-hybridized carbons (Fsp3) is 0.333. The summed E-state index contributed by atoms with van der Waals surface area (Å²) in [5.74, 6) is -0.179. The standard InChI is InChI=1S/C21H24O5/c1-3-4-15-19(21(23)26-18-13-9-6-10-14-18)24-16(2)20(22)25-17-11-7-5-8-12-17/h5-14,16,19H,3-4,15H2,1-2H3. The topological polar surface area (TPSA) is 61.8 Å². The number of ether oxygens (including phenoxy) is 3. The first-order valence-corrected chi connectivity index (χ1v) is 8.79. The largest absolute Gasteiger partial charge is 0.425 e. The van der Waals surface area contributed by atoms with Crippen molar-refractivity contribution in [3.05, 3.63) is 60.7 Å². The summed E-state index contributed by atoms with van der Waals surface area (Å²) in [5.41, 5.74) is 0. The maximum atomic E-state index is 12.4. The molecule has 0 saturated carbocycles. The summed E-state index contributed by atoms with van der Waals surface area (Å²) < 4.78 is 16.3. The zero-order valence-corrected chi connectivity index (χ0v) is 15.1. The first kappa shape index (κ1) is 19.7. The molecule has 5 heteroatoms. The van der Waals surface area contributed by atoms with Crippen LogP contribution in [0.1, 0.15) is 33.1 Å². The highest BCUT2D eigenvalue weighted by molar-refractivity contribution is 5.79. The SMILES string of the molecule is CCCCC(OC(C)C(=O)Oc1ccccc1)C(=O)Oc1ccccc1. The Labute approximate surface area is 153 Å². The van der Waals surface area contributed by atoms with E-state index in [9.17, 15) is 9.59 Å². The molecule has 0 radical (unpaired) electrons. The third-order valence-corrected chi connectivity index (χ3v) is 3.71. The van der Waals surface area contributed by atoms with Gasteiger partial charge in [-0.1, -0.05) is 56.2 Å². The second-order valence-corrected chi connectivity index (χ2v) is 5.88. The Morgan fingerprint density at radius 1 is 0.846 bits per heavy atom. The molecule has 138 valence electrons. The van der Waals surface area contributed by atoms with E-state index in [4.69, 9.17) is 14.2 Å². The Bertz CT molecular complexity index is 684. The molecule has 5 nitrogen and oxygen atoms in total. The van der Waals surface area contributed by atoms with Gasteiger partial charge in [-0.15, -0.1) is 0 Å². The second kappa shape index (κ2) is 10.4. The predicted molar refractivity (Wildman–Crippen MR) is 98.0 cm³/mol. The molecule has 0 saturated heterocycles. The van der Waals surface area contributed by atoms with Crippen LogP contribution in [0, 0.1) is 0 Å². The van der Waals surface area contributed by atoms with Gasteiger partial charge >= 0.3 is 11.9 Å². The van der Waals surface area contributed by atoms with E-state index < -0.39 is 24.1 Å². The number of hydrogen-bond donors (Lipinski definition) is 0. The van der Waals surface area contributed by atoms with Gasteiger partial charge in [0, 0.05) is 0 Å². The van der Waals surface area contributed by atoms with Crippen molar-refractivity contribution in [1.82, 2.24) is 0 Å². The van der Waals surface area contributed by atoms with Gasteiger partial charge in [-0.3, -0.25) is 0 Å². The minimum Gasteiger partial charge on any atom is -0.425 e. The van der Waals surface area contributed by atoms with E-state index in [1.54, 1.807) is 55.5 Å². The third kappa shape index (κ3) is 6.33. The quantitative estimate of drug-likeness (QED) is 0.499. The van der Waals surface area contributed by atoms with E-state index in [-0.39, 0.29) is 0 Å². The van der Waals surface area contributed by atoms with E-state index in [0.717, 1.165) is 12.8 Å². The minimum absolute atomic E-state index is 0.435. The lowest BCUT2D eigenvalue weighted by Crippen LogP contribution is -2.36. The Kier molecular flexibility index (Phi) is 7.83. The molecule has 0 bridgehead atoms. The molecule has 0 aliphatic carbocycles. The van der Waals surface area contributed by atoms with Crippen LogP contribution in [0.3, 0.4) is 0 Å². The average Bonchev–Trinajstić information content (AvgIpc) is 2.66. The first-order valence-electron chi connectivity index (χ1n) is 8.79. The second-order valence-electron chi connectivity index (χ2n) is 5.88. The fourth-order valence-electron chi connectivity index (χ4n) is 2.29. The van der Waals surface area contributed by atoms with Gasteiger partial charge in [0.1, 0.15) is 11.5 Å². The molecule has 0 spiro atoms. The van der Waals surface area contributed by atoms with Gasteiger partial charge in [0.15, 0.2) is 12.2 Å². The van der Waals surface area contributed by atoms with Crippen LogP contribution < -0.4 is 9.47 Å². The van der Waals surface area contributed by atoms with Crippen LogP contribution in [0.5, 0.6) is 11.5 Å². The monoisotopic (exact) mass is 356 g/mol. The van der Waals surface area contributed by atoms with Crippen molar-refractivity contribution in [3.63, 3.8) is 0 Å². The van der Waals surface area contributed by atoms with Gasteiger partial charge in [0.25, 0.3) is 0 Å². The summed E-state index contributed by atoms with van der Waals surface area (Å²) in [4.78, 5) is 24.6. The van der Waals surface area contributed by atoms with E-state index in [0.29, 0.717) is 17.9 Å². The lowest BCUT2D eigenvalue weighted by molar-refractivity contribution is -0.161. The summed E-state index contributed by atoms with van der Waals surface area (Å²) in [5, 5.41) is 0. The van der Waals surface area contributed by atoms with E-state index in [2.05, 4.69) is 0 Å². The van der Waals surface area contributed by atoms with Crippen molar-refractivity contribution >= 4 is 11.9 Å². The summed E-state index contributed by atoms with van der Waals surface area (Å²) in [6, 6.07) is 17.5. The van der Waals surface area contributed by atoms with Crippen molar-refractivity contribution < 1.29 is 23.8 Å². The fourth-order valence-corrected chi connectivity index (χ4v) is 2.29. The molecule has 2 atom stereocenters. The maximum Gasteiger partial charge on any atom is 0.340 e. The lowest BCUT2D eigenvalue weighted by atomic mass is 10.1. The van der Waals surface area contributed by atoms with E-state index in [1.807, 2.05) is 19.1 Å². The van der Waals surface area contributed by atoms with Crippen molar-refractivity contribution in [3.8, 4) is 11.5 Å². The van der Waals surface area contributed by atoms with Crippen LogP contribution in [0.2, 0.25) is 0 Å². The normalized spacial score (nSPS) is 12.8. The Morgan fingerprint density at radius 3 is 1.85 bits per heavy atom. The van der Waals surface area contributed by atoms with Gasteiger partial charge in [-0.25, -0.2) is 9.59 Å². The molecular weight excluding hydrogens is 332 g/mol. The zero-order chi connectivity index (χ0) is 18.8. The number of carbonyl (C=O) groups is 2. The molecule has 0 heterocycles. The predicted octanol–water partition coefficient (Wildman–Crippen LogP) is 4.16. The van der Waals surface area contributed by atoms with Gasteiger partial charge < -0.3 is 14.2 Å². The highest BCUT2D eigenvalue weighted by Crippen LogP contribution is 2.16. The van der Waals surface area contributed by atoms with Crippen molar-refractivity contribution in [2.45, 2.75) is 45.3 Å². The lowest BCUT2D eigenvalue weighted by Gasteiger charge is -2.20. The number of rotatable bonds is 9. The Balaban J connectivity index is 1.96. The zero-order valence-electron chi connectivity index (χ0n) is 15.1. The van der Waals surface area contributed by atoms with Gasteiger partial charge in [0.05, 0.1) is 0 Å². The van der Waals surface area contributed by atoms with Gasteiger partial charge in [0.2, 0.25) is 0 Å². The van der Waals surface area contributed by atoms with E-state index in [1.165, 1.54) is 0 Å². The molecular formula is C21H24O5. The Morgan fingerprint density at radius 2 is 1.35 bits per heavy atom. The number of hydrogen-bond acceptors (Lipinski definition) is 5. The maximum absolute atomic E-state index is 12.4. The Hall–Kier alpha value is -2.66. The van der Waals surface area contributed by atoms with Crippen molar-refractivity contribution in [2.75, 3.05) is 0 Å². The minimum atomic E-state index is -0.889. The molecule has 2 aromatic carbocycles. The van der Waals surface area contributed by atoms with Crippen LogP contribution in [-0.4, -0.2) is 24.1 Å². The number of para-hydroxylation sites is 2. The van der Waals surface area contributed by atoms with Crippen molar-refractivity contribution in [2.24, 2.45) is 0 Å². The van der Waals surface area contributed by atoms with Crippen LogP contribution in [0.25, 0.3) is 0 Å².